The van der Waals surface area contributed by atoms with Crippen molar-refractivity contribution >= 4 is 61.8 Å². The highest BCUT2D eigenvalue weighted by atomic mass is 32.7. The molecule has 3 fully saturated rings. The maximum absolute atomic E-state index is 15.8. The Bertz CT molecular complexity index is 1870. The van der Waals surface area contributed by atoms with Gasteiger partial charge in [-0.2, -0.15) is 9.67 Å². The normalized spacial score (nSPS) is 38.8. The van der Waals surface area contributed by atoms with E-state index in [1.165, 1.54) is 6.21 Å². The Balaban J connectivity index is 1.20. The zero-order valence-electron chi connectivity index (χ0n) is 22.2. The number of carbonyl (C=O) groups excluding carboxylic acids is 1. The van der Waals surface area contributed by atoms with Gasteiger partial charge in [0.1, 0.15) is 24.4 Å². The first kappa shape index (κ1) is 30.7. The number of hydrogen-bond acceptors (Lipinski definition) is 16. The van der Waals surface area contributed by atoms with Gasteiger partial charge in [0.05, 0.1) is 19.5 Å². The fraction of sp³-hybridized carbons (Fsp3) is 0.550. The predicted molar refractivity (Wildman–Crippen MR) is 145 cm³/mol. The summed E-state index contributed by atoms with van der Waals surface area (Å²) in [4.78, 5) is 49.1. The first-order chi connectivity index (χ1) is 21.3. The molecular weight excluding hydrogens is 674 g/mol. The van der Waals surface area contributed by atoms with Gasteiger partial charge in [0.15, 0.2) is 53.3 Å². The molecule has 4 aliphatic rings. The molecule has 2 bridgehead atoms. The first-order valence-electron chi connectivity index (χ1n) is 13.0. The zero-order chi connectivity index (χ0) is 31.8. The number of fused-ring (bicyclic) bond motifs is 5. The number of hydrogen-bond donors (Lipinski definition) is 4. The number of aromatic amines is 1. The number of thiol groups is 1. The number of ketones is 1. The highest BCUT2D eigenvalue weighted by Gasteiger charge is 2.55. The summed E-state index contributed by atoms with van der Waals surface area (Å²) in [5, 5.41) is 7.46. The number of carbonyl (C=O) groups is 1. The van der Waals surface area contributed by atoms with E-state index in [9.17, 15) is 23.6 Å². The number of nitrogens with two attached hydrogens (primary N) is 1. The van der Waals surface area contributed by atoms with Crippen molar-refractivity contribution < 1.29 is 55.2 Å². The Morgan fingerprint density at radius 1 is 1.07 bits per heavy atom. The van der Waals surface area contributed by atoms with Crippen LogP contribution < -0.4 is 11.3 Å². The fourth-order valence-electron chi connectivity index (χ4n) is 5.22. The monoisotopic (exact) mass is 695 g/mol. The molecule has 4 N–H and O–H groups in total. The number of imidazole rings is 1. The Labute approximate surface area is 253 Å². The lowest BCUT2D eigenvalue weighted by atomic mass is 10.1. The van der Waals surface area contributed by atoms with Crippen LogP contribution in [0.25, 0.3) is 11.2 Å². The molecule has 0 aromatic carbocycles. The maximum atomic E-state index is 15.8. The van der Waals surface area contributed by atoms with Crippen LogP contribution in [-0.4, -0.2) is 101 Å². The van der Waals surface area contributed by atoms with Gasteiger partial charge in [-0.15, -0.1) is 5.10 Å². The maximum Gasteiger partial charge on any atom is 0.472 e. The minimum absolute atomic E-state index is 0.0487. The van der Waals surface area contributed by atoms with E-state index in [4.69, 9.17) is 33.3 Å². The SMILES string of the molecule is Nc1nc2c(ncn2[C@@H]2O[C@@H]3COP(=O)(O)O[C@H]4[C@H](F)[C@H](n5nnc6c5N=CCC6=O)O[C@@H]4COP(=O)(S)O[C@@H]2[C@@H]3F)c(=O)[nH]1. The van der Waals surface area contributed by atoms with Gasteiger partial charge in [-0.05, 0) is 0 Å². The molecule has 3 aromatic heterocycles. The van der Waals surface area contributed by atoms with Crippen molar-refractivity contribution in [1.82, 2.24) is 34.5 Å². The molecule has 0 saturated carbocycles. The third-order valence-electron chi connectivity index (χ3n) is 7.24. The van der Waals surface area contributed by atoms with Crippen LogP contribution in [0.1, 0.15) is 29.4 Å². The quantitative estimate of drug-likeness (QED) is 0.212. The number of nitrogens with zero attached hydrogens (tertiary/aromatic N) is 7. The van der Waals surface area contributed by atoms with Crippen LogP contribution in [0.2, 0.25) is 0 Å². The minimum Gasteiger partial charge on any atom is -0.369 e. The Kier molecular flexibility index (Phi) is 7.55. The van der Waals surface area contributed by atoms with Crippen LogP contribution in [0.4, 0.5) is 20.5 Å². The molecule has 3 aromatic rings. The third kappa shape index (κ3) is 5.45. The lowest BCUT2D eigenvalue weighted by molar-refractivity contribution is -0.0629. The minimum atomic E-state index is -5.19. The summed E-state index contributed by atoms with van der Waals surface area (Å²) in [6, 6.07) is 0. The van der Waals surface area contributed by atoms with Gasteiger partial charge in [0.2, 0.25) is 5.95 Å². The number of aromatic nitrogens is 7. The molecule has 2 unspecified atom stereocenters. The van der Waals surface area contributed by atoms with Crippen LogP contribution in [0, 0.1) is 0 Å². The molecule has 7 heterocycles. The van der Waals surface area contributed by atoms with Gasteiger partial charge in [-0.3, -0.25) is 37.2 Å². The van der Waals surface area contributed by atoms with Gasteiger partial charge in [-0.1, -0.05) is 17.5 Å². The van der Waals surface area contributed by atoms with E-state index in [1.54, 1.807) is 0 Å². The first-order valence-corrected chi connectivity index (χ1v) is 17.1. The molecule has 4 aliphatic heterocycles. The van der Waals surface area contributed by atoms with Crippen LogP contribution >= 0.6 is 26.9 Å². The number of rotatable bonds is 2. The van der Waals surface area contributed by atoms with Crippen molar-refractivity contribution in [3.8, 4) is 0 Å². The highest BCUT2D eigenvalue weighted by molar-refractivity contribution is 8.44. The second kappa shape index (κ2) is 11.1. The van der Waals surface area contributed by atoms with E-state index >= 15 is 8.78 Å². The number of alkyl halides is 2. The molecule has 0 amide bonds. The number of ether oxygens (including phenoxy) is 2. The second-order valence-electron chi connectivity index (χ2n) is 10.1. The smallest absolute Gasteiger partial charge is 0.369 e. The molecule has 25 heteroatoms. The van der Waals surface area contributed by atoms with E-state index in [0.29, 0.717) is 0 Å². The number of anilines is 1. The number of Topliss-reactive ketones (excluding diaryl/α,β-unsaturated/α-hetero) is 1. The lowest BCUT2D eigenvalue weighted by Gasteiger charge is -2.25. The van der Waals surface area contributed by atoms with Crippen LogP contribution in [-0.2, 0) is 36.7 Å². The summed E-state index contributed by atoms with van der Waals surface area (Å²) < 4.78 is 92.1. The molecule has 0 aliphatic carbocycles. The molecule has 0 spiro atoms. The van der Waals surface area contributed by atoms with Crippen molar-refractivity contribution in [2.75, 3.05) is 18.9 Å². The van der Waals surface area contributed by atoms with E-state index in [-0.39, 0.29) is 35.0 Å². The zero-order valence-corrected chi connectivity index (χ0v) is 24.9. The number of phosphoric acid groups is 1. The van der Waals surface area contributed by atoms with Gasteiger partial charge in [0, 0.05) is 12.6 Å². The van der Waals surface area contributed by atoms with Crippen LogP contribution in [0.3, 0.4) is 0 Å². The van der Waals surface area contributed by atoms with Crippen LogP contribution in [0.15, 0.2) is 16.1 Å². The fourth-order valence-corrected chi connectivity index (χ4v) is 7.63. The van der Waals surface area contributed by atoms with E-state index in [1.807, 2.05) is 0 Å². The van der Waals surface area contributed by atoms with E-state index in [0.717, 1.165) is 15.6 Å². The molecule has 10 atom stereocenters. The number of nitrogens with one attached hydrogen (secondary N) is 1. The summed E-state index contributed by atoms with van der Waals surface area (Å²) in [5.41, 5.74) is 4.43. The van der Waals surface area contributed by atoms with Crippen LogP contribution in [0.5, 0.6) is 0 Å². The van der Waals surface area contributed by atoms with Gasteiger partial charge >= 0.3 is 14.6 Å². The predicted octanol–water partition coefficient (Wildman–Crippen LogP) is 0.709. The summed E-state index contributed by atoms with van der Waals surface area (Å²) in [6.07, 6.45) is -12.4. The Morgan fingerprint density at radius 2 is 1.82 bits per heavy atom. The number of halogens is 2. The van der Waals surface area contributed by atoms with Crippen molar-refractivity contribution in [2.45, 2.75) is 55.6 Å². The van der Waals surface area contributed by atoms with Crippen molar-refractivity contribution in [2.24, 2.45) is 4.99 Å². The average Bonchev–Trinajstić information content (AvgIpc) is 3.72. The number of aliphatic imine (C=N–C) groups is 1. The van der Waals surface area contributed by atoms with Gasteiger partial charge in [-0.25, -0.2) is 27.9 Å². The summed E-state index contributed by atoms with van der Waals surface area (Å²) in [5.74, 6) is -0.857. The standard InChI is InChI=1S/C20H21F2N9O11P2S/c21-9-7-3-37-43(34,35)41-13-8(40-18(10(13)22)31-15-11(28-29-31)6(32)1-2-24-15)4-38-44(36,45)42-14(9)19(39-7)30-5-25-12-16(30)26-20(23)27-17(12)33/h2,5,7-10,13-14,18-19H,1,3-4H2,(H,34,35)(H,36,45)(H3,23,26,27,33)/t7-,8-,9-,10+,13-,14-,18-,19-,44?/m1/s1. The molecule has 0 radical (unpaired) electrons. The number of H-pyrrole nitrogens is 1. The van der Waals surface area contributed by atoms with Gasteiger partial charge in [0.25, 0.3) is 5.56 Å². The average molecular weight is 695 g/mol. The van der Waals surface area contributed by atoms with Crippen molar-refractivity contribution in [1.29, 1.82) is 0 Å². The Morgan fingerprint density at radius 3 is 2.62 bits per heavy atom. The molecule has 45 heavy (non-hydrogen) atoms. The van der Waals surface area contributed by atoms with E-state index < -0.39 is 88.4 Å². The lowest BCUT2D eigenvalue weighted by Crippen LogP contribution is -2.34. The second-order valence-corrected chi connectivity index (χ2v) is 14.4. The summed E-state index contributed by atoms with van der Waals surface area (Å²) in [6.45, 7) is -6.35. The third-order valence-corrected chi connectivity index (χ3v) is 9.83. The molecular formula is C20H21F2N9O11P2S. The van der Waals surface area contributed by atoms with E-state index in [2.05, 4.69) is 42.5 Å². The Hall–Kier alpha value is -2.98. The topological polar surface area (TPSA) is 259 Å². The van der Waals surface area contributed by atoms with Gasteiger partial charge < -0.3 is 20.1 Å². The molecule has 242 valence electrons. The largest absolute Gasteiger partial charge is 0.472 e. The molecule has 20 nitrogen and oxygen atoms in total. The van der Waals surface area contributed by atoms with Crippen molar-refractivity contribution in [3.63, 3.8) is 0 Å². The molecule has 7 rings (SSSR count). The number of nitrogen functional groups attached to an aromatic ring is 1. The molecule has 3 saturated heterocycles. The summed E-state index contributed by atoms with van der Waals surface area (Å²) >= 11 is 3.93. The van der Waals surface area contributed by atoms with Crippen molar-refractivity contribution in [3.05, 3.63) is 22.4 Å². The summed E-state index contributed by atoms with van der Waals surface area (Å²) in [7, 11) is -5.19. The highest BCUT2D eigenvalue weighted by Crippen LogP contribution is 2.58. The number of phosphoric ester groups is 1.